The van der Waals surface area contributed by atoms with Crippen molar-refractivity contribution in [3.8, 4) is 0 Å². The van der Waals surface area contributed by atoms with Gasteiger partial charge in [0.25, 0.3) is 0 Å². The summed E-state index contributed by atoms with van der Waals surface area (Å²) in [5.41, 5.74) is 1.01. The summed E-state index contributed by atoms with van der Waals surface area (Å²) in [6.45, 7) is 2.43. The monoisotopic (exact) mass is 329 g/mol. The van der Waals surface area contributed by atoms with Crippen LogP contribution in [0, 0.1) is 0 Å². The van der Waals surface area contributed by atoms with Gasteiger partial charge in [0.05, 0.1) is 24.8 Å². The van der Waals surface area contributed by atoms with Crippen LogP contribution in [0.15, 0.2) is 34.7 Å². The van der Waals surface area contributed by atoms with E-state index in [1.165, 1.54) is 0 Å². The van der Waals surface area contributed by atoms with Crippen LogP contribution in [0.2, 0.25) is 0 Å². The molecule has 1 atom stereocenters. The van der Waals surface area contributed by atoms with Gasteiger partial charge in [-0.05, 0) is 13.0 Å². The Hall–Kier alpha value is -2.28. The Morgan fingerprint density at radius 3 is 2.17 bits per heavy atom. The van der Waals surface area contributed by atoms with Gasteiger partial charge < -0.3 is 14.6 Å². The molecule has 0 radical (unpaired) electrons. The van der Waals surface area contributed by atoms with Crippen molar-refractivity contribution in [3.63, 3.8) is 0 Å². The molecule has 2 N–H and O–H groups in total. The molecule has 0 saturated carbocycles. The smallest absolute Gasteiger partial charge is 0.229 e. The van der Waals surface area contributed by atoms with Crippen molar-refractivity contribution in [1.29, 1.82) is 0 Å². The predicted molar refractivity (Wildman–Crippen MR) is 86.2 cm³/mol. The van der Waals surface area contributed by atoms with E-state index in [0.29, 0.717) is 30.0 Å². The molecule has 6 heteroatoms. The van der Waals surface area contributed by atoms with Crippen LogP contribution in [0.5, 0.6) is 0 Å². The van der Waals surface area contributed by atoms with Gasteiger partial charge in [-0.15, -0.1) is 0 Å². The highest BCUT2D eigenvalue weighted by Crippen LogP contribution is 2.32. The average molecular weight is 329 g/mol. The molecular weight excluding hydrogens is 310 g/mol. The van der Waals surface area contributed by atoms with E-state index in [2.05, 4.69) is 0 Å². The first kappa shape index (κ1) is 16.6. The maximum absolute atomic E-state index is 12.6. The van der Waals surface area contributed by atoms with Crippen molar-refractivity contribution < 1.29 is 24.2 Å². The molecule has 0 amide bonds. The number of ketones is 2. The first-order chi connectivity index (χ1) is 11.6. The van der Waals surface area contributed by atoms with Crippen LogP contribution in [0.25, 0.3) is 0 Å². The van der Waals surface area contributed by atoms with Crippen LogP contribution in [0.3, 0.4) is 0 Å². The Bertz CT molecular complexity index is 721. The van der Waals surface area contributed by atoms with E-state index in [9.17, 15) is 9.59 Å². The topological polar surface area (TPSA) is 91.0 Å². The predicted octanol–water partition coefficient (Wildman–Crippen LogP) is 1.40. The second-order valence-electron chi connectivity index (χ2n) is 5.75. The quantitative estimate of drug-likeness (QED) is 0.710. The highest BCUT2D eigenvalue weighted by Gasteiger charge is 2.34. The summed E-state index contributed by atoms with van der Waals surface area (Å²) in [6, 6.07) is 8.01. The largest absolute Gasteiger partial charge is 0.455 e. The number of aliphatic hydroxyl groups is 2. The minimum Gasteiger partial charge on any atom is -0.455 e. The number of nitrogens with zero attached hydrogens (tertiary/aromatic N) is 1. The molecule has 0 spiro atoms. The molecule has 0 saturated heterocycles. The number of benzene rings is 1. The Morgan fingerprint density at radius 2 is 1.58 bits per heavy atom. The van der Waals surface area contributed by atoms with Gasteiger partial charge in [0, 0.05) is 24.2 Å². The molecule has 126 valence electrons. The third-order valence-electron chi connectivity index (χ3n) is 4.35. The van der Waals surface area contributed by atoms with Gasteiger partial charge in [0.1, 0.15) is 5.76 Å². The highest BCUT2D eigenvalue weighted by molar-refractivity contribution is 6.27. The third-order valence-corrected chi connectivity index (χ3v) is 4.35. The highest BCUT2D eigenvalue weighted by atomic mass is 16.4. The zero-order chi connectivity index (χ0) is 17.3. The number of carbonyl (C=O) groups is 2. The van der Waals surface area contributed by atoms with Gasteiger partial charge >= 0.3 is 0 Å². The number of aliphatic hydroxyl groups excluding tert-OH is 2. The molecule has 6 nitrogen and oxygen atoms in total. The zero-order valence-electron chi connectivity index (χ0n) is 13.4. The van der Waals surface area contributed by atoms with E-state index in [1.54, 1.807) is 30.3 Å². The van der Waals surface area contributed by atoms with Crippen LogP contribution < -0.4 is 0 Å². The molecule has 1 aliphatic carbocycles. The van der Waals surface area contributed by atoms with Crippen molar-refractivity contribution in [1.82, 2.24) is 4.90 Å². The van der Waals surface area contributed by atoms with Crippen LogP contribution in [0.4, 0.5) is 0 Å². The number of fused-ring (bicyclic) bond motifs is 2. The molecule has 0 aliphatic heterocycles. The third kappa shape index (κ3) is 2.69. The summed E-state index contributed by atoms with van der Waals surface area (Å²) >= 11 is 0. The molecule has 1 aliphatic rings. The van der Waals surface area contributed by atoms with E-state index in [1.807, 2.05) is 11.8 Å². The lowest BCUT2D eigenvalue weighted by Gasteiger charge is -2.25. The van der Waals surface area contributed by atoms with Gasteiger partial charge in [-0.25, -0.2) is 0 Å². The fourth-order valence-electron chi connectivity index (χ4n) is 3.04. The Kier molecular flexibility index (Phi) is 4.62. The van der Waals surface area contributed by atoms with E-state index >= 15 is 0 Å². The molecule has 1 aromatic heterocycles. The molecule has 0 bridgehead atoms. The number of carbonyl (C=O) groups excluding carboxylic acids is 2. The molecule has 0 fully saturated rings. The van der Waals surface area contributed by atoms with Gasteiger partial charge in [-0.1, -0.05) is 24.3 Å². The van der Waals surface area contributed by atoms with Crippen LogP contribution >= 0.6 is 0 Å². The van der Waals surface area contributed by atoms with Crippen LogP contribution in [-0.2, 0) is 0 Å². The van der Waals surface area contributed by atoms with Crippen LogP contribution in [-0.4, -0.2) is 53.0 Å². The van der Waals surface area contributed by atoms with Crippen molar-refractivity contribution in [2.24, 2.45) is 0 Å². The SMILES string of the molecule is CC(c1cc2c(o1)C(=O)c1ccccc1C2=O)N(CCO)CCO. The van der Waals surface area contributed by atoms with Crippen molar-refractivity contribution in [2.45, 2.75) is 13.0 Å². The van der Waals surface area contributed by atoms with Crippen molar-refractivity contribution in [3.05, 3.63) is 58.5 Å². The minimum absolute atomic E-state index is 0.0614. The molecule has 1 aromatic carbocycles. The summed E-state index contributed by atoms with van der Waals surface area (Å²) in [5.74, 6) is 0.0117. The minimum atomic E-state index is -0.297. The lowest BCUT2D eigenvalue weighted by Crippen LogP contribution is -2.32. The van der Waals surface area contributed by atoms with E-state index in [0.717, 1.165) is 0 Å². The average Bonchev–Trinajstić information content (AvgIpc) is 3.05. The molecule has 1 unspecified atom stereocenters. The summed E-state index contributed by atoms with van der Waals surface area (Å²) in [7, 11) is 0. The second kappa shape index (κ2) is 6.68. The van der Waals surface area contributed by atoms with Gasteiger partial charge in [0.2, 0.25) is 5.78 Å². The summed E-state index contributed by atoms with van der Waals surface area (Å²) in [6.07, 6.45) is 0. The molecule has 1 heterocycles. The molecule has 24 heavy (non-hydrogen) atoms. The van der Waals surface area contributed by atoms with Crippen LogP contribution in [0.1, 0.15) is 50.8 Å². The summed E-state index contributed by atoms with van der Waals surface area (Å²) in [5, 5.41) is 18.3. The van der Waals surface area contributed by atoms with Gasteiger partial charge in [0.15, 0.2) is 11.5 Å². The normalized spacial score (nSPS) is 14.7. The van der Waals surface area contributed by atoms with E-state index in [4.69, 9.17) is 14.6 Å². The lowest BCUT2D eigenvalue weighted by molar-refractivity contribution is 0.0949. The number of furan rings is 1. The molecule has 2 aromatic rings. The van der Waals surface area contributed by atoms with Gasteiger partial charge in [-0.3, -0.25) is 14.5 Å². The first-order valence-corrected chi connectivity index (χ1v) is 7.86. The zero-order valence-corrected chi connectivity index (χ0v) is 13.4. The fraction of sp³-hybridized carbons (Fsp3) is 0.333. The maximum atomic E-state index is 12.6. The summed E-state index contributed by atoms with van der Waals surface area (Å²) in [4.78, 5) is 27.0. The maximum Gasteiger partial charge on any atom is 0.229 e. The summed E-state index contributed by atoms with van der Waals surface area (Å²) < 4.78 is 5.71. The Balaban J connectivity index is 1.98. The standard InChI is InChI=1S/C18H19NO5/c1-11(19(6-8-20)7-9-21)15-10-14-16(22)12-4-2-3-5-13(12)17(23)18(14)24-15/h2-5,10-11,20-21H,6-9H2,1H3. The van der Waals surface area contributed by atoms with E-state index < -0.39 is 0 Å². The Morgan fingerprint density at radius 1 is 1.00 bits per heavy atom. The number of hydrogen-bond acceptors (Lipinski definition) is 6. The lowest BCUT2D eigenvalue weighted by atomic mass is 9.88. The van der Waals surface area contributed by atoms with Gasteiger partial charge in [-0.2, -0.15) is 0 Å². The van der Waals surface area contributed by atoms with E-state index in [-0.39, 0.29) is 42.1 Å². The molecule has 3 rings (SSSR count). The second-order valence-corrected chi connectivity index (χ2v) is 5.75. The van der Waals surface area contributed by atoms with Crippen molar-refractivity contribution in [2.75, 3.05) is 26.3 Å². The fourth-order valence-corrected chi connectivity index (χ4v) is 3.04. The molecular formula is C18H19NO5. The number of hydrogen-bond donors (Lipinski definition) is 2. The first-order valence-electron chi connectivity index (χ1n) is 7.86. The number of rotatable bonds is 6. The van der Waals surface area contributed by atoms with Crippen molar-refractivity contribution >= 4 is 11.6 Å². The Labute approximate surface area is 139 Å².